The van der Waals surface area contributed by atoms with Crippen molar-refractivity contribution in [3.8, 4) is 6.07 Å². The van der Waals surface area contributed by atoms with Gasteiger partial charge in [-0.3, -0.25) is 4.79 Å². The third kappa shape index (κ3) is 2.23. The highest BCUT2D eigenvalue weighted by molar-refractivity contribution is 6.07. The molecule has 0 saturated carbocycles. The van der Waals surface area contributed by atoms with Crippen LogP contribution in [0.25, 0.3) is 0 Å². The lowest BCUT2D eigenvalue weighted by Crippen LogP contribution is -2.26. The molecule has 0 aliphatic rings. The van der Waals surface area contributed by atoms with E-state index >= 15 is 0 Å². The average Bonchev–Trinajstić information content (AvgIpc) is 2.46. The Bertz CT molecular complexity index is 599. The van der Waals surface area contributed by atoms with Crippen molar-refractivity contribution in [1.82, 2.24) is 0 Å². The zero-order chi connectivity index (χ0) is 13.0. The fraction of sp³-hybridized carbons (Fsp3) is 0.0667. The third-order valence-corrected chi connectivity index (χ3v) is 2.73. The average molecular weight is 236 g/mol. The molecule has 0 aromatic heterocycles. The number of nitrogens with zero attached hydrogens (tertiary/aromatic N) is 2. The molecule has 0 N–H and O–H groups in total. The van der Waals surface area contributed by atoms with Gasteiger partial charge in [-0.1, -0.05) is 30.3 Å². The molecule has 3 nitrogen and oxygen atoms in total. The quantitative estimate of drug-likeness (QED) is 0.804. The molecule has 18 heavy (non-hydrogen) atoms. The summed E-state index contributed by atoms with van der Waals surface area (Å²) in [6, 6.07) is 18.2. The normalized spacial score (nSPS) is 9.56. The minimum atomic E-state index is -0.182. The minimum Gasteiger partial charge on any atom is -0.311 e. The Morgan fingerprint density at radius 2 is 1.67 bits per heavy atom. The van der Waals surface area contributed by atoms with Gasteiger partial charge in [0, 0.05) is 12.7 Å². The molecule has 2 rings (SSSR count). The molecular weight excluding hydrogens is 224 g/mol. The summed E-state index contributed by atoms with van der Waals surface area (Å²) < 4.78 is 0. The molecule has 0 aliphatic heterocycles. The van der Waals surface area contributed by atoms with E-state index in [1.807, 2.05) is 36.4 Å². The molecule has 0 atom stereocenters. The number of hydrogen-bond donors (Lipinski definition) is 0. The summed E-state index contributed by atoms with van der Waals surface area (Å²) in [4.78, 5) is 13.8. The number of anilines is 1. The van der Waals surface area contributed by atoms with E-state index in [4.69, 9.17) is 5.26 Å². The molecule has 0 saturated heterocycles. The van der Waals surface area contributed by atoms with Gasteiger partial charge in [0.2, 0.25) is 0 Å². The summed E-state index contributed by atoms with van der Waals surface area (Å²) in [5.41, 5.74) is 1.62. The largest absolute Gasteiger partial charge is 0.311 e. The first kappa shape index (κ1) is 11.9. The van der Waals surface area contributed by atoms with Crippen LogP contribution in [0.2, 0.25) is 0 Å². The van der Waals surface area contributed by atoms with Gasteiger partial charge in [0.05, 0.1) is 17.2 Å². The van der Waals surface area contributed by atoms with E-state index in [1.165, 1.54) is 4.90 Å². The van der Waals surface area contributed by atoms with E-state index in [9.17, 15) is 4.79 Å². The minimum absolute atomic E-state index is 0.182. The molecular formula is C15H12N2O. The summed E-state index contributed by atoms with van der Waals surface area (Å²) in [6.45, 7) is 0. The molecule has 0 fully saturated rings. The third-order valence-electron chi connectivity index (χ3n) is 2.73. The van der Waals surface area contributed by atoms with E-state index < -0.39 is 0 Å². The second-order valence-electron chi connectivity index (χ2n) is 3.86. The van der Waals surface area contributed by atoms with Gasteiger partial charge in [0.1, 0.15) is 0 Å². The Morgan fingerprint density at radius 3 is 2.33 bits per heavy atom. The maximum absolute atomic E-state index is 12.3. The predicted molar refractivity (Wildman–Crippen MR) is 70.3 cm³/mol. The highest BCUT2D eigenvalue weighted by Crippen LogP contribution is 2.16. The van der Waals surface area contributed by atoms with Crippen LogP contribution < -0.4 is 4.90 Å². The van der Waals surface area contributed by atoms with Crippen LogP contribution in [-0.2, 0) is 0 Å². The van der Waals surface area contributed by atoms with Crippen LogP contribution in [0.15, 0.2) is 54.6 Å². The van der Waals surface area contributed by atoms with E-state index in [1.54, 1.807) is 31.3 Å². The predicted octanol–water partition coefficient (Wildman–Crippen LogP) is 2.83. The number of benzene rings is 2. The van der Waals surface area contributed by atoms with Gasteiger partial charge in [-0.05, 0) is 24.3 Å². The Hall–Kier alpha value is -2.60. The molecule has 0 bridgehead atoms. The molecule has 0 unspecified atom stereocenters. The smallest absolute Gasteiger partial charge is 0.259 e. The van der Waals surface area contributed by atoms with E-state index in [0.717, 1.165) is 5.69 Å². The molecule has 0 radical (unpaired) electrons. The van der Waals surface area contributed by atoms with Crippen LogP contribution in [-0.4, -0.2) is 13.0 Å². The lowest BCUT2D eigenvalue weighted by atomic mass is 10.1. The molecule has 3 heteroatoms. The number of amides is 1. The Balaban J connectivity index is 2.35. The van der Waals surface area contributed by atoms with Crippen molar-refractivity contribution in [3.05, 3.63) is 65.7 Å². The molecule has 0 aliphatic carbocycles. The summed E-state index contributed by atoms with van der Waals surface area (Å²) in [5, 5.41) is 9.00. The van der Waals surface area contributed by atoms with Gasteiger partial charge in [0.15, 0.2) is 0 Å². The lowest BCUT2D eigenvalue weighted by Gasteiger charge is -2.17. The van der Waals surface area contributed by atoms with Crippen molar-refractivity contribution in [2.45, 2.75) is 0 Å². The highest BCUT2D eigenvalue weighted by Gasteiger charge is 2.16. The Morgan fingerprint density at radius 1 is 1.06 bits per heavy atom. The van der Waals surface area contributed by atoms with Crippen molar-refractivity contribution in [2.24, 2.45) is 0 Å². The summed E-state index contributed by atoms with van der Waals surface area (Å²) in [7, 11) is 1.70. The maximum atomic E-state index is 12.3. The molecule has 88 valence electrons. The topological polar surface area (TPSA) is 44.1 Å². The second kappa shape index (κ2) is 5.15. The van der Waals surface area contributed by atoms with Crippen molar-refractivity contribution in [2.75, 3.05) is 11.9 Å². The van der Waals surface area contributed by atoms with Crippen molar-refractivity contribution >= 4 is 11.6 Å². The zero-order valence-corrected chi connectivity index (χ0v) is 10.00. The Labute approximate surface area is 106 Å². The number of carbonyl (C=O) groups is 1. The first-order valence-corrected chi connectivity index (χ1v) is 5.56. The van der Waals surface area contributed by atoms with Crippen molar-refractivity contribution in [1.29, 1.82) is 5.26 Å². The second-order valence-corrected chi connectivity index (χ2v) is 3.86. The Kier molecular flexibility index (Phi) is 3.40. The fourth-order valence-corrected chi connectivity index (χ4v) is 1.72. The summed E-state index contributed by atoms with van der Waals surface area (Å²) >= 11 is 0. The SMILES string of the molecule is CN(C(=O)c1ccccc1C#N)c1ccccc1. The standard InChI is InChI=1S/C15H12N2O/c1-17(13-8-3-2-4-9-13)15(18)14-10-6-5-7-12(14)11-16/h2-10H,1H3. The van der Waals surface area contributed by atoms with E-state index in [2.05, 4.69) is 0 Å². The van der Waals surface area contributed by atoms with Gasteiger partial charge in [0.25, 0.3) is 5.91 Å². The van der Waals surface area contributed by atoms with Crippen LogP contribution in [0.4, 0.5) is 5.69 Å². The number of carbonyl (C=O) groups excluding carboxylic acids is 1. The van der Waals surface area contributed by atoms with Crippen LogP contribution >= 0.6 is 0 Å². The lowest BCUT2D eigenvalue weighted by molar-refractivity contribution is 0.0993. The van der Waals surface area contributed by atoms with Gasteiger partial charge in [-0.25, -0.2) is 0 Å². The zero-order valence-electron chi connectivity index (χ0n) is 10.00. The van der Waals surface area contributed by atoms with Gasteiger partial charge in [-0.15, -0.1) is 0 Å². The van der Waals surface area contributed by atoms with Crippen LogP contribution in [0.3, 0.4) is 0 Å². The van der Waals surface area contributed by atoms with Gasteiger partial charge in [-0.2, -0.15) is 5.26 Å². The van der Waals surface area contributed by atoms with Gasteiger partial charge >= 0.3 is 0 Å². The number of nitriles is 1. The summed E-state index contributed by atoms with van der Waals surface area (Å²) in [6.07, 6.45) is 0. The van der Waals surface area contributed by atoms with Gasteiger partial charge < -0.3 is 4.90 Å². The number of rotatable bonds is 2. The molecule has 2 aromatic rings. The molecule has 0 spiro atoms. The van der Waals surface area contributed by atoms with E-state index in [0.29, 0.717) is 11.1 Å². The summed E-state index contributed by atoms with van der Waals surface area (Å²) in [5.74, 6) is -0.182. The molecule has 2 aromatic carbocycles. The monoisotopic (exact) mass is 236 g/mol. The van der Waals surface area contributed by atoms with Crippen LogP contribution in [0.1, 0.15) is 15.9 Å². The van der Waals surface area contributed by atoms with Crippen LogP contribution in [0.5, 0.6) is 0 Å². The highest BCUT2D eigenvalue weighted by atomic mass is 16.2. The van der Waals surface area contributed by atoms with E-state index in [-0.39, 0.29) is 5.91 Å². The molecule has 1 amide bonds. The van der Waals surface area contributed by atoms with Crippen LogP contribution in [0, 0.1) is 11.3 Å². The maximum Gasteiger partial charge on any atom is 0.259 e. The number of hydrogen-bond acceptors (Lipinski definition) is 2. The first-order chi connectivity index (χ1) is 8.74. The number of para-hydroxylation sites is 1. The molecule has 0 heterocycles. The van der Waals surface area contributed by atoms with Crippen molar-refractivity contribution < 1.29 is 4.79 Å². The van der Waals surface area contributed by atoms with Crippen molar-refractivity contribution in [3.63, 3.8) is 0 Å². The first-order valence-electron chi connectivity index (χ1n) is 5.56. The fourth-order valence-electron chi connectivity index (χ4n) is 1.72.